The Bertz CT molecular complexity index is 770. The van der Waals surface area contributed by atoms with E-state index in [1.807, 2.05) is 23.4 Å². The molecule has 3 heterocycles. The van der Waals surface area contributed by atoms with Gasteiger partial charge in [-0.3, -0.25) is 9.78 Å². The molecule has 6 nitrogen and oxygen atoms in total. The van der Waals surface area contributed by atoms with Crippen LogP contribution >= 0.6 is 0 Å². The van der Waals surface area contributed by atoms with Crippen LogP contribution in [0.15, 0.2) is 36.7 Å². The maximum absolute atomic E-state index is 12.7. The van der Waals surface area contributed by atoms with E-state index < -0.39 is 0 Å². The molecule has 1 fully saturated rings. The van der Waals surface area contributed by atoms with Crippen LogP contribution in [0.2, 0.25) is 0 Å². The van der Waals surface area contributed by atoms with Crippen molar-refractivity contribution in [2.24, 2.45) is 0 Å². The molecule has 0 atom stereocenters. The van der Waals surface area contributed by atoms with Crippen LogP contribution < -0.4 is 14.4 Å². The Morgan fingerprint density at radius 2 is 1.88 bits per heavy atom. The average molecular weight is 325 g/mol. The Hall–Kier alpha value is -2.76. The van der Waals surface area contributed by atoms with Crippen molar-refractivity contribution in [1.29, 1.82) is 0 Å². The Kier molecular flexibility index (Phi) is 3.72. The Morgan fingerprint density at radius 3 is 2.67 bits per heavy atom. The van der Waals surface area contributed by atoms with Crippen LogP contribution in [0.1, 0.15) is 15.9 Å². The third kappa shape index (κ3) is 2.64. The summed E-state index contributed by atoms with van der Waals surface area (Å²) in [6.07, 6.45) is 3.69. The lowest BCUT2D eigenvalue weighted by Gasteiger charge is -2.36. The Balaban J connectivity index is 1.44. The number of amides is 1. The van der Waals surface area contributed by atoms with E-state index in [1.54, 1.807) is 18.2 Å². The SMILES string of the molecule is Cc1cnccc1N1CCN(C(=O)c2ccc3c(c2)OCO3)CC1. The molecular weight excluding hydrogens is 306 g/mol. The molecule has 0 N–H and O–H groups in total. The van der Waals surface area contributed by atoms with E-state index in [0.29, 0.717) is 30.2 Å². The van der Waals surface area contributed by atoms with Crippen molar-refractivity contribution in [2.75, 3.05) is 37.9 Å². The Labute approximate surface area is 140 Å². The molecule has 0 bridgehead atoms. The normalized spacial score (nSPS) is 16.4. The number of carbonyl (C=O) groups is 1. The van der Waals surface area contributed by atoms with Gasteiger partial charge < -0.3 is 19.3 Å². The van der Waals surface area contributed by atoms with Gasteiger partial charge in [0.1, 0.15) is 0 Å². The van der Waals surface area contributed by atoms with Crippen LogP contribution in [0.25, 0.3) is 0 Å². The van der Waals surface area contributed by atoms with Gasteiger partial charge in [-0.05, 0) is 36.8 Å². The maximum atomic E-state index is 12.7. The highest BCUT2D eigenvalue weighted by Gasteiger charge is 2.24. The molecule has 0 spiro atoms. The molecule has 1 amide bonds. The topological polar surface area (TPSA) is 54.9 Å². The number of aryl methyl sites for hydroxylation is 1. The van der Waals surface area contributed by atoms with Crippen molar-refractivity contribution < 1.29 is 14.3 Å². The molecule has 24 heavy (non-hydrogen) atoms. The lowest BCUT2D eigenvalue weighted by atomic mass is 10.1. The van der Waals surface area contributed by atoms with E-state index in [2.05, 4.69) is 16.8 Å². The highest BCUT2D eigenvalue weighted by molar-refractivity contribution is 5.95. The summed E-state index contributed by atoms with van der Waals surface area (Å²) >= 11 is 0. The largest absolute Gasteiger partial charge is 0.454 e. The van der Waals surface area contributed by atoms with E-state index in [4.69, 9.17) is 9.47 Å². The molecule has 1 aromatic carbocycles. The van der Waals surface area contributed by atoms with E-state index >= 15 is 0 Å². The quantitative estimate of drug-likeness (QED) is 0.846. The summed E-state index contributed by atoms with van der Waals surface area (Å²) in [5.74, 6) is 1.39. The number of hydrogen-bond acceptors (Lipinski definition) is 5. The van der Waals surface area contributed by atoms with Gasteiger partial charge in [0.25, 0.3) is 5.91 Å². The molecule has 0 aliphatic carbocycles. The lowest BCUT2D eigenvalue weighted by molar-refractivity contribution is 0.0746. The number of benzene rings is 1. The van der Waals surface area contributed by atoms with Gasteiger partial charge in [-0.15, -0.1) is 0 Å². The Morgan fingerprint density at radius 1 is 1.08 bits per heavy atom. The zero-order valence-electron chi connectivity index (χ0n) is 13.6. The van der Waals surface area contributed by atoms with E-state index in [9.17, 15) is 4.79 Å². The maximum Gasteiger partial charge on any atom is 0.254 e. The monoisotopic (exact) mass is 325 g/mol. The second-order valence-electron chi connectivity index (χ2n) is 6.01. The number of anilines is 1. The van der Waals surface area contributed by atoms with Crippen molar-refractivity contribution in [3.63, 3.8) is 0 Å². The van der Waals surface area contributed by atoms with Crippen LogP contribution in [-0.4, -0.2) is 48.8 Å². The summed E-state index contributed by atoms with van der Waals surface area (Å²) in [6.45, 7) is 5.33. The van der Waals surface area contributed by atoms with Gasteiger partial charge in [-0.1, -0.05) is 0 Å². The van der Waals surface area contributed by atoms with Crippen LogP contribution in [0, 0.1) is 6.92 Å². The third-order valence-electron chi connectivity index (χ3n) is 4.52. The molecule has 2 aliphatic heterocycles. The predicted octanol–water partition coefficient (Wildman–Crippen LogP) is 2.08. The minimum atomic E-state index is 0.0411. The molecule has 0 unspecified atom stereocenters. The molecule has 2 aliphatic rings. The number of ether oxygens (including phenoxy) is 2. The molecular formula is C18H19N3O3. The van der Waals surface area contributed by atoms with Crippen molar-refractivity contribution in [3.8, 4) is 11.5 Å². The lowest BCUT2D eigenvalue weighted by Crippen LogP contribution is -2.49. The summed E-state index contributed by atoms with van der Waals surface area (Å²) in [5, 5.41) is 0. The first-order valence-electron chi connectivity index (χ1n) is 8.07. The van der Waals surface area contributed by atoms with Crippen molar-refractivity contribution in [2.45, 2.75) is 6.92 Å². The second-order valence-corrected chi connectivity index (χ2v) is 6.01. The van der Waals surface area contributed by atoms with Crippen LogP contribution in [0.4, 0.5) is 5.69 Å². The first-order valence-corrected chi connectivity index (χ1v) is 8.07. The standard InChI is InChI=1S/C18H19N3O3/c1-13-11-19-5-4-15(13)20-6-8-21(9-7-20)18(22)14-2-3-16-17(10-14)24-12-23-16/h2-5,10-11H,6-9,12H2,1H3. The number of hydrogen-bond donors (Lipinski definition) is 0. The molecule has 1 saturated heterocycles. The molecule has 0 radical (unpaired) electrons. The zero-order chi connectivity index (χ0) is 16.5. The number of fused-ring (bicyclic) bond motifs is 1. The summed E-state index contributed by atoms with van der Waals surface area (Å²) in [5.41, 5.74) is 3.00. The number of carbonyl (C=O) groups excluding carboxylic acids is 1. The number of rotatable bonds is 2. The van der Waals surface area contributed by atoms with Crippen molar-refractivity contribution in [3.05, 3.63) is 47.8 Å². The van der Waals surface area contributed by atoms with E-state index in [1.165, 1.54) is 5.69 Å². The third-order valence-corrected chi connectivity index (χ3v) is 4.52. The van der Waals surface area contributed by atoms with E-state index in [0.717, 1.165) is 18.7 Å². The van der Waals surface area contributed by atoms with Gasteiger partial charge >= 0.3 is 0 Å². The number of pyridine rings is 1. The highest BCUT2D eigenvalue weighted by atomic mass is 16.7. The molecule has 4 rings (SSSR count). The minimum Gasteiger partial charge on any atom is -0.454 e. The first-order chi connectivity index (χ1) is 11.7. The van der Waals surface area contributed by atoms with Gasteiger partial charge in [0.15, 0.2) is 11.5 Å². The summed E-state index contributed by atoms with van der Waals surface area (Å²) in [4.78, 5) is 21.0. The van der Waals surface area contributed by atoms with E-state index in [-0.39, 0.29) is 12.7 Å². The fourth-order valence-electron chi connectivity index (χ4n) is 3.18. The van der Waals surface area contributed by atoms with Crippen LogP contribution in [0.3, 0.4) is 0 Å². The summed E-state index contributed by atoms with van der Waals surface area (Å²) in [6, 6.07) is 7.40. The fraction of sp³-hybridized carbons (Fsp3) is 0.333. The van der Waals surface area contributed by atoms with Gasteiger partial charge in [0, 0.05) is 49.8 Å². The van der Waals surface area contributed by atoms with Crippen LogP contribution in [-0.2, 0) is 0 Å². The van der Waals surface area contributed by atoms with Crippen LogP contribution in [0.5, 0.6) is 11.5 Å². The fourth-order valence-corrected chi connectivity index (χ4v) is 3.18. The second kappa shape index (κ2) is 6.03. The van der Waals surface area contributed by atoms with Gasteiger partial charge in [-0.2, -0.15) is 0 Å². The smallest absolute Gasteiger partial charge is 0.254 e. The average Bonchev–Trinajstić information content (AvgIpc) is 3.09. The first kappa shape index (κ1) is 14.8. The molecule has 0 saturated carbocycles. The molecule has 124 valence electrons. The zero-order valence-corrected chi connectivity index (χ0v) is 13.6. The summed E-state index contributed by atoms with van der Waals surface area (Å²) < 4.78 is 10.7. The number of nitrogens with zero attached hydrogens (tertiary/aromatic N) is 3. The summed E-state index contributed by atoms with van der Waals surface area (Å²) in [7, 11) is 0. The number of aromatic nitrogens is 1. The number of piperazine rings is 1. The predicted molar refractivity (Wildman–Crippen MR) is 89.7 cm³/mol. The van der Waals surface area contributed by atoms with Crippen molar-refractivity contribution in [1.82, 2.24) is 9.88 Å². The molecule has 2 aromatic rings. The van der Waals surface area contributed by atoms with Gasteiger partial charge in [0.2, 0.25) is 6.79 Å². The van der Waals surface area contributed by atoms with Crippen molar-refractivity contribution >= 4 is 11.6 Å². The molecule has 6 heteroatoms. The van der Waals surface area contributed by atoms with Gasteiger partial charge in [-0.25, -0.2) is 0 Å². The minimum absolute atomic E-state index is 0.0411. The highest BCUT2D eigenvalue weighted by Crippen LogP contribution is 2.33. The molecule has 1 aromatic heterocycles. The van der Waals surface area contributed by atoms with Gasteiger partial charge in [0.05, 0.1) is 0 Å².